The molecule has 5 aliphatic heterocycles. The number of anilines is 2. The maximum absolute atomic E-state index is 16.4. The average Bonchev–Trinajstić information content (AvgIpc) is 3.93. The SMILES string of the molecule is CC1(C)CCC2(CC1)N[C@@H](C(=O)N[C@H]1CC[C@H](C(=O)NCCN3CCC(Nc4cccc5c4CN(C4CCC(=O)NC4=O)C5=O)CC3)CC1)[C@H](c1cccc(Cl)c1F)[C@]21C(=O)Nc2cc(Cl)ccc21. The normalized spacial score (nSPS) is 28.6. The highest BCUT2D eigenvalue weighted by atomic mass is 35.5. The number of likely N-dealkylation sites (tertiary alicyclic amines) is 1. The van der Waals surface area contributed by atoms with Crippen molar-refractivity contribution < 1.29 is 33.2 Å². The minimum absolute atomic E-state index is 0.0132. The zero-order chi connectivity index (χ0) is 48.4. The molecule has 4 atom stereocenters. The molecule has 17 heteroatoms. The van der Waals surface area contributed by atoms with Crippen LogP contribution in [0.25, 0.3) is 0 Å². The second-order valence-electron chi connectivity index (χ2n) is 21.3. The Bertz CT molecular complexity index is 2590. The molecule has 0 radical (unpaired) electrons. The topological polar surface area (TPSA) is 181 Å². The van der Waals surface area contributed by atoms with Crippen molar-refractivity contribution >= 4 is 70.0 Å². The second kappa shape index (κ2) is 18.6. The predicted molar refractivity (Wildman–Crippen MR) is 260 cm³/mol. The molecule has 2 spiro atoms. The molecule has 2 saturated carbocycles. The fourth-order valence-electron chi connectivity index (χ4n) is 12.9. The first-order chi connectivity index (χ1) is 33.1. The van der Waals surface area contributed by atoms with Crippen LogP contribution in [0.15, 0.2) is 54.6 Å². The maximum atomic E-state index is 16.4. The molecule has 3 aromatic carbocycles. The largest absolute Gasteiger partial charge is 0.382 e. The standard InChI is InChI=1S/C52H61Cl2FN8O6/c1-50(2)19-21-51(22-20-50)52(36-14-11-30(53)27-39(36)59-49(52)69)42(34-6-3-7-37(54)43(34)55)44(61-51)47(67)58-31-12-9-29(10-13-31)45(65)56-23-26-62-24-17-32(18-25-62)57-38-8-4-5-33-35(38)28-63(48(33)68)40-15-16-41(64)60-46(40)66/h3-8,11,14,27,29,31-32,40,42,44,57,61H,9-10,12-13,15-26,28H2,1-2H3,(H,56,65)(H,58,67)(H,59,69)(H,60,64,66)/t29-,31-,40?,42-,44+,52+/m0/s1. The molecular weight excluding hydrogens is 923 g/mol. The van der Waals surface area contributed by atoms with E-state index in [1.807, 2.05) is 18.2 Å². The molecule has 5 fully saturated rings. The highest BCUT2D eigenvalue weighted by molar-refractivity contribution is 6.31. The molecule has 0 aromatic heterocycles. The summed E-state index contributed by atoms with van der Waals surface area (Å²) in [6.45, 7) is 7.69. The van der Waals surface area contributed by atoms with Gasteiger partial charge in [0.2, 0.25) is 29.5 Å². The molecule has 0 bridgehead atoms. The third kappa shape index (κ3) is 8.58. The first-order valence-electron chi connectivity index (χ1n) is 24.7. The number of piperidine rings is 2. The highest BCUT2D eigenvalue weighted by Gasteiger charge is 2.73. The molecule has 6 N–H and O–H groups in total. The quantitative estimate of drug-likeness (QED) is 0.123. The van der Waals surface area contributed by atoms with Gasteiger partial charge in [-0.1, -0.05) is 61.3 Å². The number of nitrogens with one attached hydrogen (secondary N) is 6. The van der Waals surface area contributed by atoms with Gasteiger partial charge in [0.25, 0.3) is 5.91 Å². The first kappa shape index (κ1) is 47.6. The predicted octanol–water partition coefficient (Wildman–Crippen LogP) is 6.55. The fraction of sp³-hybridized carbons (Fsp3) is 0.538. The number of benzene rings is 3. The number of carbonyl (C=O) groups is 6. The number of amides is 6. The Morgan fingerprint density at radius 2 is 1.58 bits per heavy atom. The van der Waals surface area contributed by atoms with Crippen molar-refractivity contribution in [3.05, 3.63) is 92.7 Å². The number of fused-ring (bicyclic) bond motifs is 4. The summed E-state index contributed by atoms with van der Waals surface area (Å²) < 4.78 is 16.4. The molecule has 6 amide bonds. The van der Waals surface area contributed by atoms with E-state index in [4.69, 9.17) is 23.2 Å². The van der Waals surface area contributed by atoms with Gasteiger partial charge in [0.1, 0.15) is 17.3 Å². The molecule has 7 aliphatic rings. The molecule has 2 aliphatic carbocycles. The van der Waals surface area contributed by atoms with Crippen LogP contribution in [0.4, 0.5) is 15.8 Å². The lowest BCUT2D eigenvalue weighted by molar-refractivity contribution is -0.137. The molecule has 5 heterocycles. The molecule has 69 heavy (non-hydrogen) atoms. The molecule has 366 valence electrons. The Labute approximate surface area is 411 Å². The van der Waals surface area contributed by atoms with Crippen LogP contribution >= 0.6 is 23.2 Å². The van der Waals surface area contributed by atoms with Crippen LogP contribution in [-0.4, -0.2) is 101 Å². The Morgan fingerprint density at radius 3 is 2.32 bits per heavy atom. The van der Waals surface area contributed by atoms with Gasteiger partial charge in [0.15, 0.2) is 0 Å². The van der Waals surface area contributed by atoms with Gasteiger partial charge < -0.3 is 31.1 Å². The summed E-state index contributed by atoms with van der Waals surface area (Å²) in [4.78, 5) is 84.7. The molecule has 10 rings (SSSR count). The number of hydrogen-bond donors (Lipinski definition) is 6. The Hall–Kier alpha value is -5.09. The van der Waals surface area contributed by atoms with E-state index in [-0.39, 0.29) is 70.0 Å². The van der Waals surface area contributed by atoms with Crippen LogP contribution in [0, 0.1) is 17.2 Å². The lowest BCUT2D eigenvalue weighted by atomic mass is 9.53. The van der Waals surface area contributed by atoms with Crippen LogP contribution in [0.1, 0.15) is 124 Å². The van der Waals surface area contributed by atoms with Gasteiger partial charge in [-0.3, -0.25) is 39.4 Å². The minimum Gasteiger partial charge on any atom is -0.382 e. The third-order valence-electron chi connectivity index (χ3n) is 16.8. The average molecular weight is 984 g/mol. The molecule has 3 aromatic rings. The van der Waals surface area contributed by atoms with Gasteiger partial charge in [-0.25, -0.2) is 4.39 Å². The maximum Gasteiger partial charge on any atom is 0.255 e. The van der Waals surface area contributed by atoms with Crippen molar-refractivity contribution in [2.75, 3.05) is 36.8 Å². The summed E-state index contributed by atoms with van der Waals surface area (Å²) in [7, 11) is 0. The monoisotopic (exact) mass is 982 g/mol. The van der Waals surface area contributed by atoms with Crippen LogP contribution in [0.3, 0.4) is 0 Å². The van der Waals surface area contributed by atoms with E-state index < -0.39 is 40.7 Å². The van der Waals surface area contributed by atoms with Crippen LogP contribution in [0.5, 0.6) is 0 Å². The number of nitrogens with zero attached hydrogens (tertiary/aromatic N) is 2. The van der Waals surface area contributed by atoms with Gasteiger partial charge in [-0.2, -0.15) is 0 Å². The van der Waals surface area contributed by atoms with Crippen LogP contribution < -0.4 is 31.9 Å². The summed E-state index contributed by atoms with van der Waals surface area (Å²) in [5.74, 6) is -3.26. The summed E-state index contributed by atoms with van der Waals surface area (Å²) in [6.07, 6.45) is 7.54. The van der Waals surface area contributed by atoms with Crippen molar-refractivity contribution in [3.63, 3.8) is 0 Å². The third-order valence-corrected chi connectivity index (χ3v) is 17.3. The van der Waals surface area contributed by atoms with Gasteiger partial charge in [0, 0.05) is 96.1 Å². The summed E-state index contributed by atoms with van der Waals surface area (Å²) >= 11 is 12.9. The number of halogens is 3. The second-order valence-corrected chi connectivity index (χ2v) is 22.1. The Morgan fingerprint density at radius 1 is 0.841 bits per heavy atom. The smallest absolute Gasteiger partial charge is 0.255 e. The van der Waals surface area contributed by atoms with Crippen molar-refractivity contribution in [2.45, 2.75) is 138 Å². The molecule has 1 unspecified atom stereocenters. The van der Waals surface area contributed by atoms with Crippen molar-refractivity contribution in [2.24, 2.45) is 11.3 Å². The number of rotatable bonds is 10. The van der Waals surface area contributed by atoms with Crippen molar-refractivity contribution in [1.82, 2.24) is 31.1 Å². The van der Waals surface area contributed by atoms with Crippen molar-refractivity contribution in [3.8, 4) is 0 Å². The molecule has 3 saturated heterocycles. The highest BCUT2D eigenvalue weighted by Crippen LogP contribution is 2.64. The number of hydrogen-bond acceptors (Lipinski definition) is 9. The fourth-order valence-corrected chi connectivity index (χ4v) is 13.3. The van der Waals surface area contributed by atoms with E-state index in [0.29, 0.717) is 79.9 Å². The number of imide groups is 1. The van der Waals surface area contributed by atoms with E-state index in [1.54, 1.807) is 35.2 Å². The van der Waals surface area contributed by atoms with E-state index in [0.717, 1.165) is 56.6 Å². The van der Waals surface area contributed by atoms with Gasteiger partial charge >= 0.3 is 0 Å². The summed E-state index contributed by atoms with van der Waals surface area (Å²) in [5.41, 5.74) is 1.65. The lowest BCUT2D eigenvalue weighted by Crippen LogP contribution is -2.61. The lowest BCUT2D eigenvalue weighted by Gasteiger charge is -2.50. The number of carbonyl (C=O) groups excluding carboxylic acids is 6. The van der Waals surface area contributed by atoms with Gasteiger partial charge in [0.05, 0.1) is 11.1 Å². The van der Waals surface area contributed by atoms with E-state index in [1.165, 1.54) is 6.07 Å². The Kier molecular flexibility index (Phi) is 12.8. The van der Waals surface area contributed by atoms with Crippen molar-refractivity contribution in [1.29, 1.82) is 0 Å². The summed E-state index contributed by atoms with van der Waals surface area (Å²) in [5, 5.41) is 19.7. The van der Waals surface area contributed by atoms with E-state index >= 15 is 4.39 Å². The van der Waals surface area contributed by atoms with Crippen LogP contribution in [-0.2, 0) is 35.9 Å². The Balaban J connectivity index is 0.734. The van der Waals surface area contributed by atoms with E-state index in [9.17, 15) is 28.8 Å². The molecule has 14 nitrogen and oxygen atoms in total. The van der Waals surface area contributed by atoms with E-state index in [2.05, 4.69) is 50.6 Å². The zero-order valence-corrected chi connectivity index (χ0v) is 40.7. The van der Waals surface area contributed by atoms with Gasteiger partial charge in [-0.05, 0) is 118 Å². The zero-order valence-electron chi connectivity index (χ0n) is 39.2. The molecular formula is C52H61Cl2FN8O6. The summed E-state index contributed by atoms with van der Waals surface area (Å²) in [6, 6.07) is 14.1. The van der Waals surface area contributed by atoms with Crippen LogP contribution in [0.2, 0.25) is 10.0 Å². The minimum atomic E-state index is -1.34. The van der Waals surface area contributed by atoms with Gasteiger partial charge in [-0.15, -0.1) is 0 Å². The first-order valence-corrected chi connectivity index (χ1v) is 25.5.